The van der Waals surface area contributed by atoms with Gasteiger partial charge >= 0.3 is 0 Å². The van der Waals surface area contributed by atoms with Crippen molar-refractivity contribution in [2.75, 3.05) is 0 Å². The summed E-state index contributed by atoms with van der Waals surface area (Å²) in [5.74, 6) is 0. The second kappa shape index (κ2) is 4.09. The maximum Gasteiger partial charge on any atom is 0.150 e. The highest BCUT2D eigenvalue weighted by Gasteiger charge is 1.98. The van der Waals surface area contributed by atoms with Gasteiger partial charge in [0.05, 0.1) is 6.20 Å². The van der Waals surface area contributed by atoms with E-state index >= 15 is 0 Å². The third-order valence-corrected chi connectivity index (χ3v) is 2.28. The molecule has 0 atom stereocenters. The molecule has 3 nitrogen and oxygen atoms in total. The average molecular weight is 200 g/mol. The number of benzene rings is 1. The fourth-order valence-electron chi connectivity index (χ4n) is 1.51. The summed E-state index contributed by atoms with van der Waals surface area (Å²) in [5, 5.41) is 4.11. The van der Waals surface area contributed by atoms with Crippen LogP contribution in [-0.4, -0.2) is 16.1 Å². The topological polar surface area (TPSA) is 34.9 Å². The highest BCUT2D eigenvalue weighted by Crippen LogP contribution is 2.09. The van der Waals surface area contributed by atoms with Crippen LogP contribution in [0.4, 0.5) is 0 Å². The fourth-order valence-corrected chi connectivity index (χ4v) is 1.51. The minimum absolute atomic E-state index is 0.713. The van der Waals surface area contributed by atoms with Gasteiger partial charge in [0.15, 0.2) is 0 Å². The molecule has 0 radical (unpaired) electrons. The Labute approximate surface area is 88.4 Å². The number of hydrogen-bond donors (Lipinski definition) is 0. The molecule has 76 valence electrons. The summed E-state index contributed by atoms with van der Waals surface area (Å²) in [7, 11) is 1.90. The molecule has 1 aromatic heterocycles. The molecule has 0 spiro atoms. The van der Waals surface area contributed by atoms with Crippen molar-refractivity contribution in [2.24, 2.45) is 7.05 Å². The van der Waals surface area contributed by atoms with E-state index in [4.69, 9.17) is 0 Å². The lowest BCUT2D eigenvalue weighted by Crippen LogP contribution is -1.88. The van der Waals surface area contributed by atoms with Crippen molar-refractivity contribution in [3.8, 4) is 0 Å². The monoisotopic (exact) mass is 200 g/mol. The molecule has 0 aliphatic rings. The number of carbonyl (C=O) groups excluding carboxylic acids is 1. The maximum atomic E-state index is 10.5. The lowest BCUT2D eigenvalue weighted by atomic mass is 10.1. The van der Waals surface area contributed by atoms with Crippen molar-refractivity contribution in [2.45, 2.75) is 6.42 Å². The summed E-state index contributed by atoms with van der Waals surface area (Å²) in [5.41, 5.74) is 3.08. The molecule has 2 aromatic rings. The van der Waals surface area contributed by atoms with Crippen LogP contribution >= 0.6 is 0 Å². The van der Waals surface area contributed by atoms with Crippen molar-refractivity contribution < 1.29 is 4.79 Å². The van der Waals surface area contributed by atoms with Crippen LogP contribution in [0.25, 0.3) is 0 Å². The largest absolute Gasteiger partial charge is 0.298 e. The zero-order chi connectivity index (χ0) is 10.7. The van der Waals surface area contributed by atoms with Gasteiger partial charge in [-0.1, -0.05) is 24.3 Å². The van der Waals surface area contributed by atoms with Crippen molar-refractivity contribution in [3.63, 3.8) is 0 Å². The number of rotatable bonds is 3. The van der Waals surface area contributed by atoms with Crippen LogP contribution in [-0.2, 0) is 13.5 Å². The van der Waals surface area contributed by atoms with Gasteiger partial charge in [-0.2, -0.15) is 5.10 Å². The zero-order valence-corrected chi connectivity index (χ0v) is 8.55. The summed E-state index contributed by atoms with van der Waals surface area (Å²) < 4.78 is 1.79. The first-order chi connectivity index (χ1) is 7.28. The summed E-state index contributed by atoms with van der Waals surface area (Å²) in [6, 6.07) is 7.60. The van der Waals surface area contributed by atoms with Gasteiger partial charge in [0.25, 0.3) is 0 Å². The van der Waals surface area contributed by atoms with Gasteiger partial charge in [0.1, 0.15) is 6.29 Å². The van der Waals surface area contributed by atoms with Crippen molar-refractivity contribution >= 4 is 6.29 Å². The SMILES string of the molecule is Cn1cc(Cc2ccc(C=O)cc2)cn1. The van der Waals surface area contributed by atoms with Gasteiger partial charge in [-0.25, -0.2) is 0 Å². The standard InChI is InChI=1S/C12H12N2O/c1-14-8-12(7-13-14)6-10-2-4-11(9-15)5-3-10/h2-5,7-9H,6H2,1H3. The number of aryl methyl sites for hydroxylation is 1. The number of aldehydes is 1. The molecule has 0 fully saturated rings. The van der Waals surface area contributed by atoms with Crippen LogP contribution in [0.15, 0.2) is 36.7 Å². The van der Waals surface area contributed by atoms with Crippen LogP contribution in [0.1, 0.15) is 21.5 Å². The van der Waals surface area contributed by atoms with Gasteiger partial charge in [-0.15, -0.1) is 0 Å². The molecular weight excluding hydrogens is 188 g/mol. The van der Waals surface area contributed by atoms with E-state index in [0.29, 0.717) is 5.56 Å². The molecule has 0 amide bonds. The lowest BCUT2D eigenvalue weighted by Gasteiger charge is -1.98. The molecule has 0 aliphatic heterocycles. The fraction of sp³-hybridized carbons (Fsp3) is 0.167. The molecule has 0 saturated heterocycles. The molecule has 1 aromatic carbocycles. The molecular formula is C12H12N2O. The molecule has 3 heteroatoms. The molecule has 1 heterocycles. The van der Waals surface area contributed by atoms with E-state index in [-0.39, 0.29) is 0 Å². The number of aromatic nitrogens is 2. The highest BCUT2D eigenvalue weighted by atomic mass is 16.1. The number of carbonyl (C=O) groups is 1. The molecule has 15 heavy (non-hydrogen) atoms. The second-order valence-electron chi connectivity index (χ2n) is 3.56. The molecule has 0 saturated carbocycles. The van der Waals surface area contributed by atoms with Crippen molar-refractivity contribution in [1.82, 2.24) is 9.78 Å². The summed E-state index contributed by atoms with van der Waals surface area (Å²) in [6.45, 7) is 0. The summed E-state index contributed by atoms with van der Waals surface area (Å²) >= 11 is 0. The Morgan fingerprint density at radius 1 is 1.27 bits per heavy atom. The molecule has 0 N–H and O–H groups in total. The Morgan fingerprint density at radius 3 is 2.53 bits per heavy atom. The Hall–Kier alpha value is -1.90. The second-order valence-corrected chi connectivity index (χ2v) is 3.56. The minimum Gasteiger partial charge on any atom is -0.298 e. The minimum atomic E-state index is 0.713. The first-order valence-electron chi connectivity index (χ1n) is 4.79. The van der Waals surface area contributed by atoms with E-state index in [0.717, 1.165) is 12.7 Å². The molecule has 0 bridgehead atoms. The van der Waals surface area contributed by atoms with E-state index in [1.807, 2.05) is 43.7 Å². The quantitative estimate of drug-likeness (QED) is 0.708. The van der Waals surface area contributed by atoms with Gasteiger partial charge in [0.2, 0.25) is 0 Å². The van der Waals surface area contributed by atoms with Crippen LogP contribution in [0, 0.1) is 0 Å². The normalized spacial score (nSPS) is 10.2. The van der Waals surface area contributed by atoms with E-state index in [9.17, 15) is 4.79 Å². The van der Waals surface area contributed by atoms with Crippen molar-refractivity contribution in [1.29, 1.82) is 0 Å². The highest BCUT2D eigenvalue weighted by molar-refractivity contribution is 5.74. The van der Waals surface area contributed by atoms with Crippen LogP contribution in [0.3, 0.4) is 0 Å². The first-order valence-corrected chi connectivity index (χ1v) is 4.79. The Kier molecular flexibility index (Phi) is 2.63. The van der Waals surface area contributed by atoms with Gasteiger partial charge < -0.3 is 0 Å². The number of hydrogen-bond acceptors (Lipinski definition) is 2. The zero-order valence-electron chi connectivity index (χ0n) is 8.55. The Balaban J connectivity index is 2.14. The summed E-state index contributed by atoms with van der Waals surface area (Å²) in [6.07, 6.45) is 5.56. The smallest absolute Gasteiger partial charge is 0.150 e. The van der Waals surface area contributed by atoms with E-state index in [1.165, 1.54) is 11.1 Å². The van der Waals surface area contributed by atoms with E-state index in [2.05, 4.69) is 5.10 Å². The molecule has 2 rings (SSSR count). The molecule has 0 unspecified atom stereocenters. The van der Waals surface area contributed by atoms with Crippen molar-refractivity contribution in [3.05, 3.63) is 53.3 Å². The predicted octanol–water partition coefficient (Wildman–Crippen LogP) is 1.82. The van der Waals surface area contributed by atoms with E-state index < -0.39 is 0 Å². The van der Waals surface area contributed by atoms with Gasteiger partial charge in [-0.3, -0.25) is 9.48 Å². The Bertz CT molecular complexity index is 457. The predicted molar refractivity (Wildman–Crippen MR) is 57.8 cm³/mol. The number of nitrogens with zero attached hydrogens (tertiary/aromatic N) is 2. The van der Waals surface area contributed by atoms with E-state index in [1.54, 1.807) is 4.68 Å². The lowest BCUT2D eigenvalue weighted by molar-refractivity contribution is 0.112. The third kappa shape index (κ3) is 2.31. The average Bonchev–Trinajstić information content (AvgIpc) is 2.65. The maximum absolute atomic E-state index is 10.5. The van der Waals surface area contributed by atoms with Crippen LogP contribution in [0.2, 0.25) is 0 Å². The Morgan fingerprint density at radius 2 is 2.00 bits per heavy atom. The van der Waals surface area contributed by atoms with Crippen LogP contribution < -0.4 is 0 Å². The summed E-state index contributed by atoms with van der Waals surface area (Å²) in [4.78, 5) is 10.5. The van der Waals surface area contributed by atoms with Gasteiger partial charge in [0, 0.05) is 25.2 Å². The van der Waals surface area contributed by atoms with Crippen LogP contribution in [0.5, 0.6) is 0 Å². The third-order valence-electron chi connectivity index (χ3n) is 2.28. The first kappa shape index (κ1) is 9.65. The van der Waals surface area contributed by atoms with Gasteiger partial charge in [-0.05, 0) is 11.1 Å². The molecule has 0 aliphatic carbocycles.